The minimum atomic E-state index is -0.709. The number of esters is 1. The highest BCUT2D eigenvalue weighted by atomic mass is 16.6. The average molecular weight is 390 g/mol. The van der Waals surface area contributed by atoms with E-state index < -0.39 is 16.8 Å². The van der Waals surface area contributed by atoms with Crippen LogP contribution in [-0.4, -0.2) is 28.0 Å². The van der Waals surface area contributed by atoms with E-state index in [-0.39, 0.29) is 17.0 Å². The molecule has 144 valence electrons. The van der Waals surface area contributed by atoms with Gasteiger partial charge in [-0.05, 0) is 48.0 Å². The van der Waals surface area contributed by atoms with Crippen LogP contribution in [0.5, 0.6) is 5.75 Å². The highest BCUT2D eigenvalue weighted by Crippen LogP contribution is 2.17. The summed E-state index contributed by atoms with van der Waals surface area (Å²) in [7, 11) is 0. The molecule has 0 unspecified atom stereocenters. The van der Waals surface area contributed by atoms with Gasteiger partial charge in [0.2, 0.25) is 0 Å². The van der Waals surface area contributed by atoms with Crippen molar-refractivity contribution in [2.24, 2.45) is 5.10 Å². The molecule has 0 atom stereocenters. The lowest BCUT2D eigenvalue weighted by Gasteiger charge is -2.04. The molecule has 0 saturated carbocycles. The number of non-ortho nitro benzene ring substituents is 1. The zero-order valence-electron chi connectivity index (χ0n) is 14.9. The third kappa shape index (κ3) is 5.30. The maximum Gasteiger partial charge on any atom is 0.343 e. The van der Waals surface area contributed by atoms with Crippen molar-refractivity contribution < 1.29 is 19.2 Å². The fourth-order valence-corrected chi connectivity index (χ4v) is 2.26. The van der Waals surface area contributed by atoms with Crippen LogP contribution in [0.3, 0.4) is 0 Å². The summed E-state index contributed by atoms with van der Waals surface area (Å²) in [6.45, 7) is 0. The summed E-state index contributed by atoms with van der Waals surface area (Å²) in [4.78, 5) is 38.0. The first kappa shape index (κ1) is 19.4. The van der Waals surface area contributed by atoms with Gasteiger partial charge >= 0.3 is 5.97 Å². The average Bonchev–Trinajstić information content (AvgIpc) is 2.75. The summed E-state index contributed by atoms with van der Waals surface area (Å²) in [6.07, 6.45) is 4.42. The predicted molar refractivity (Wildman–Crippen MR) is 104 cm³/mol. The van der Waals surface area contributed by atoms with E-state index in [1.54, 1.807) is 42.6 Å². The molecule has 9 nitrogen and oxygen atoms in total. The second-order valence-electron chi connectivity index (χ2n) is 5.71. The molecule has 0 bridgehead atoms. The van der Waals surface area contributed by atoms with Gasteiger partial charge in [-0.2, -0.15) is 5.10 Å². The minimum Gasteiger partial charge on any atom is -0.423 e. The molecule has 2 aromatic carbocycles. The molecule has 0 aliphatic carbocycles. The number of amides is 1. The molecule has 1 aromatic heterocycles. The van der Waals surface area contributed by atoms with Gasteiger partial charge in [-0.1, -0.05) is 6.07 Å². The van der Waals surface area contributed by atoms with Crippen LogP contribution >= 0.6 is 0 Å². The van der Waals surface area contributed by atoms with Crippen molar-refractivity contribution in [3.63, 3.8) is 0 Å². The summed E-state index contributed by atoms with van der Waals surface area (Å²) < 4.78 is 5.21. The highest BCUT2D eigenvalue weighted by molar-refractivity contribution is 5.94. The van der Waals surface area contributed by atoms with Gasteiger partial charge in [0.25, 0.3) is 11.6 Å². The SMILES string of the molecule is O=C(N/N=C/c1ccc(OC(=O)c2cccc([N+](=O)[O-])c2)cc1)c1cccnc1. The molecule has 0 saturated heterocycles. The number of aromatic nitrogens is 1. The summed E-state index contributed by atoms with van der Waals surface area (Å²) in [6, 6.07) is 14.9. The lowest BCUT2D eigenvalue weighted by Crippen LogP contribution is -2.17. The predicted octanol–water partition coefficient (Wildman–Crippen LogP) is 2.97. The first-order chi connectivity index (χ1) is 14.0. The van der Waals surface area contributed by atoms with Crippen LogP contribution in [0.25, 0.3) is 0 Å². The van der Waals surface area contributed by atoms with Gasteiger partial charge in [0.15, 0.2) is 0 Å². The van der Waals surface area contributed by atoms with E-state index in [2.05, 4.69) is 15.5 Å². The Morgan fingerprint density at radius 2 is 1.83 bits per heavy atom. The van der Waals surface area contributed by atoms with Crippen molar-refractivity contribution in [1.29, 1.82) is 0 Å². The van der Waals surface area contributed by atoms with Crippen LogP contribution in [0.1, 0.15) is 26.3 Å². The quantitative estimate of drug-likeness (QED) is 0.227. The maximum absolute atomic E-state index is 12.1. The Balaban J connectivity index is 1.58. The number of nitrogens with one attached hydrogen (secondary N) is 1. The first-order valence-electron chi connectivity index (χ1n) is 8.33. The molecule has 0 aliphatic rings. The van der Waals surface area contributed by atoms with Crippen molar-refractivity contribution in [3.05, 3.63) is 99.9 Å². The van der Waals surface area contributed by atoms with Crippen LogP contribution in [0, 0.1) is 10.1 Å². The van der Waals surface area contributed by atoms with E-state index in [9.17, 15) is 19.7 Å². The third-order valence-electron chi connectivity index (χ3n) is 3.69. The van der Waals surface area contributed by atoms with Crippen molar-refractivity contribution in [2.45, 2.75) is 0 Å². The van der Waals surface area contributed by atoms with Gasteiger partial charge in [-0.25, -0.2) is 10.2 Å². The molecule has 1 N–H and O–H groups in total. The molecule has 1 amide bonds. The number of nitrogens with zero attached hydrogens (tertiary/aromatic N) is 3. The molecule has 3 rings (SSSR count). The fourth-order valence-electron chi connectivity index (χ4n) is 2.26. The number of pyridine rings is 1. The van der Waals surface area contributed by atoms with E-state index in [1.807, 2.05) is 0 Å². The van der Waals surface area contributed by atoms with E-state index >= 15 is 0 Å². The molecule has 9 heteroatoms. The molecule has 0 spiro atoms. The Kier molecular flexibility index (Phi) is 6.01. The third-order valence-corrected chi connectivity index (χ3v) is 3.69. The molecule has 0 radical (unpaired) electrons. The smallest absolute Gasteiger partial charge is 0.343 e. The molecule has 3 aromatic rings. The van der Waals surface area contributed by atoms with Crippen molar-refractivity contribution in [3.8, 4) is 5.75 Å². The Labute approximate surface area is 164 Å². The largest absolute Gasteiger partial charge is 0.423 e. The second kappa shape index (κ2) is 9.00. The van der Waals surface area contributed by atoms with Gasteiger partial charge in [0.05, 0.1) is 22.3 Å². The molecule has 1 heterocycles. The van der Waals surface area contributed by atoms with Crippen molar-refractivity contribution in [1.82, 2.24) is 10.4 Å². The Morgan fingerprint density at radius 1 is 1.07 bits per heavy atom. The Bertz CT molecular complexity index is 1070. The van der Waals surface area contributed by atoms with Gasteiger partial charge in [0.1, 0.15) is 5.75 Å². The number of hydrazone groups is 1. The minimum absolute atomic E-state index is 0.0722. The fraction of sp³-hybridized carbons (Fsp3) is 0. The Morgan fingerprint density at radius 3 is 2.52 bits per heavy atom. The van der Waals surface area contributed by atoms with Crippen LogP contribution in [-0.2, 0) is 0 Å². The molecular weight excluding hydrogens is 376 g/mol. The second-order valence-corrected chi connectivity index (χ2v) is 5.71. The topological polar surface area (TPSA) is 124 Å². The van der Waals surface area contributed by atoms with Gasteiger partial charge < -0.3 is 4.74 Å². The van der Waals surface area contributed by atoms with E-state index in [0.29, 0.717) is 11.1 Å². The lowest BCUT2D eigenvalue weighted by molar-refractivity contribution is -0.384. The molecule has 0 aliphatic heterocycles. The first-order valence-corrected chi connectivity index (χ1v) is 8.33. The summed E-state index contributed by atoms with van der Waals surface area (Å²) in [5.41, 5.74) is 3.30. The normalized spacial score (nSPS) is 10.5. The van der Waals surface area contributed by atoms with Crippen molar-refractivity contribution >= 4 is 23.8 Å². The molecular formula is C20H14N4O5. The summed E-state index contributed by atoms with van der Waals surface area (Å²) in [5, 5.41) is 14.7. The number of carbonyl (C=O) groups excluding carboxylic acids is 2. The van der Waals surface area contributed by atoms with Crippen LogP contribution in [0.4, 0.5) is 5.69 Å². The maximum atomic E-state index is 12.1. The number of hydrogen-bond acceptors (Lipinski definition) is 7. The van der Waals surface area contributed by atoms with Crippen molar-refractivity contribution in [2.75, 3.05) is 0 Å². The zero-order chi connectivity index (χ0) is 20.6. The highest BCUT2D eigenvalue weighted by Gasteiger charge is 2.13. The number of ether oxygens (including phenoxy) is 1. The Hall–Kier alpha value is -4.40. The monoisotopic (exact) mass is 390 g/mol. The standard InChI is InChI=1S/C20H14N4O5/c25-19(16-4-2-10-21-13-16)23-22-12-14-6-8-18(9-7-14)29-20(26)15-3-1-5-17(11-15)24(27)28/h1-13H,(H,23,25)/b22-12+. The van der Waals surface area contributed by atoms with E-state index in [1.165, 1.54) is 30.6 Å². The number of nitro groups is 1. The number of hydrogen-bond donors (Lipinski definition) is 1. The number of rotatable bonds is 6. The molecule has 29 heavy (non-hydrogen) atoms. The lowest BCUT2D eigenvalue weighted by atomic mass is 10.2. The van der Waals surface area contributed by atoms with Crippen LogP contribution in [0.15, 0.2) is 78.2 Å². The van der Waals surface area contributed by atoms with Gasteiger partial charge in [0, 0.05) is 24.5 Å². The van der Waals surface area contributed by atoms with Gasteiger partial charge in [-0.3, -0.25) is 19.9 Å². The van der Waals surface area contributed by atoms with Crippen LogP contribution in [0.2, 0.25) is 0 Å². The molecule has 0 fully saturated rings. The summed E-state index contributed by atoms with van der Waals surface area (Å²) >= 11 is 0. The zero-order valence-corrected chi connectivity index (χ0v) is 14.9. The number of benzene rings is 2. The van der Waals surface area contributed by atoms with E-state index in [4.69, 9.17) is 4.74 Å². The summed E-state index contributed by atoms with van der Waals surface area (Å²) in [5.74, 6) is -0.839. The number of carbonyl (C=O) groups is 2. The number of nitro benzene ring substituents is 1. The van der Waals surface area contributed by atoms with E-state index in [0.717, 1.165) is 6.07 Å². The van der Waals surface area contributed by atoms with Crippen LogP contribution < -0.4 is 10.2 Å². The van der Waals surface area contributed by atoms with Gasteiger partial charge in [-0.15, -0.1) is 0 Å².